The van der Waals surface area contributed by atoms with Crippen LogP contribution in [0.15, 0.2) is 54.6 Å². The van der Waals surface area contributed by atoms with E-state index in [0.29, 0.717) is 6.54 Å². The Balaban J connectivity index is 2.01. The van der Waals surface area contributed by atoms with Gasteiger partial charge in [0.2, 0.25) is 11.8 Å². The molecule has 2 atom stereocenters. The molecule has 0 saturated carbocycles. The van der Waals surface area contributed by atoms with E-state index in [0.717, 1.165) is 16.9 Å². The smallest absolute Gasteiger partial charge is 0.242 e. The normalized spacial score (nSPS) is 13.0. The van der Waals surface area contributed by atoms with Crippen LogP contribution in [0.3, 0.4) is 0 Å². The van der Waals surface area contributed by atoms with Gasteiger partial charge in [-0.3, -0.25) is 9.59 Å². The summed E-state index contributed by atoms with van der Waals surface area (Å²) in [4.78, 5) is 27.4. The maximum absolute atomic E-state index is 12.9. The van der Waals surface area contributed by atoms with Crippen LogP contribution in [0.1, 0.15) is 31.0 Å². The highest BCUT2D eigenvalue weighted by Gasteiger charge is 2.25. The van der Waals surface area contributed by atoms with Crippen molar-refractivity contribution < 1.29 is 14.3 Å². The number of carbonyl (C=O) groups excluding carboxylic acids is 2. The van der Waals surface area contributed by atoms with Gasteiger partial charge in [-0.2, -0.15) is 0 Å². The predicted molar refractivity (Wildman–Crippen MR) is 119 cm³/mol. The number of rotatable bonds is 10. The van der Waals surface area contributed by atoms with Crippen LogP contribution in [-0.4, -0.2) is 50.5 Å². The third kappa shape index (κ3) is 6.88. The third-order valence-electron chi connectivity index (χ3n) is 5.04. The van der Waals surface area contributed by atoms with E-state index in [1.807, 2.05) is 87.4 Å². The molecule has 162 valence electrons. The Morgan fingerprint density at radius 1 is 1.03 bits per heavy atom. The Kier molecular flexibility index (Phi) is 8.87. The topological polar surface area (TPSA) is 70.7 Å². The highest BCUT2D eigenvalue weighted by molar-refractivity contribution is 5.88. The van der Waals surface area contributed by atoms with Crippen LogP contribution < -0.4 is 15.4 Å². The quantitative estimate of drug-likeness (QED) is 0.631. The van der Waals surface area contributed by atoms with Gasteiger partial charge in [0.15, 0.2) is 0 Å². The zero-order valence-electron chi connectivity index (χ0n) is 18.5. The Morgan fingerprint density at radius 3 is 2.33 bits per heavy atom. The maximum atomic E-state index is 12.9. The number of benzene rings is 2. The first-order chi connectivity index (χ1) is 14.3. The summed E-state index contributed by atoms with van der Waals surface area (Å²) in [6.07, 6.45) is 0.251. The molecule has 2 aromatic carbocycles. The molecule has 2 unspecified atom stereocenters. The van der Waals surface area contributed by atoms with Gasteiger partial charge >= 0.3 is 0 Å². The first-order valence-electron chi connectivity index (χ1n) is 10.2. The van der Waals surface area contributed by atoms with Crippen molar-refractivity contribution in [1.82, 2.24) is 15.5 Å². The number of amides is 2. The monoisotopic (exact) mass is 411 g/mol. The van der Waals surface area contributed by atoms with E-state index in [1.54, 1.807) is 7.11 Å². The summed E-state index contributed by atoms with van der Waals surface area (Å²) in [5.74, 6) is 0.409. The molecule has 6 nitrogen and oxygen atoms in total. The summed E-state index contributed by atoms with van der Waals surface area (Å²) in [6, 6.07) is 16.7. The zero-order chi connectivity index (χ0) is 22.1. The second-order valence-corrected chi connectivity index (χ2v) is 7.95. The second kappa shape index (κ2) is 11.4. The van der Waals surface area contributed by atoms with Crippen LogP contribution in [0.2, 0.25) is 0 Å². The first-order valence-corrected chi connectivity index (χ1v) is 10.2. The average molecular weight is 412 g/mol. The number of likely N-dealkylation sites (N-methyl/N-ethyl adjacent to an activating group) is 1. The molecule has 0 aromatic heterocycles. The van der Waals surface area contributed by atoms with Crippen molar-refractivity contribution in [2.24, 2.45) is 5.92 Å². The number of ether oxygens (including phenoxy) is 1. The van der Waals surface area contributed by atoms with E-state index in [2.05, 4.69) is 10.6 Å². The molecule has 2 aromatic rings. The lowest BCUT2D eigenvalue weighted by Gasteiger charge is -2.27. The fourth-order valence-corrected chi connectivity index (χ4v) is 3.30. The number of carbonyl (C=O) groups is 2. The molecular formula is C24H33N3O3. The van der Waals surface area contributed by atoms with Crippen molar-refractivity contribution in [3.05, 3.63) is 65.7 Å². The Labute approximate surface area is 179 Å². The summed E-state index contributed by atoms with van der Waals surface area (Å²) in [6.45, 7) is 4.29. The molecule has 0 fully saturated rings. The predicted octanol–water partition coefficient (Wildman–Crippen LogP) is 2.80. The summed E-state index contributed by atoms with van der Waals surface area (Å²) in [7, 11) is 5.58. The third-order valence-corrected chi connectivity index (χ3v) is 5.04. The highest BCUT2D eigenvalue weighted by Crippen LogP contribution is 2.22. The van der Waals surface area contributed by atoms with E-state index < -0.39 is 6.04 Å². The van der Waals surface area contributed by atoms with E-state index in [4.69, 9.17) is 4.74 Å². The van der Waals surface area contributed by atoms with Crippen molar-refractivity contribution in [2.45, 2.75) is 32.4 Å². The van der Waals surface area contributed by atoms with Crippen LogP contribution in [-0.2, 0) is 16.0 Å². The molecule has 0 spiro atoms. The van der Waals surface area contributed by atoms with Crippen molar-refractivity contribution in [3.63, 3.8) is 0 Å². The van der Waals surface area contributed by atoms with Gasteiger partial charge in [0.05, 0.1) is 19.6 Å². The van der Waals surface area contributed by atoms with Gasteiger partial charge in [0, 0.05) is 6.54 Å². The molecule has 0 saturated heterocycles. The fourth-order valence-electron chi connectivity index (χ4n) is 3.30. The molecule has 0 bridgehead atoms. The van der Waals surface area contributed by atoms with E-state index in [-0.39, 0.29) is 30.2 Å². The van der Waals surface area contributed by atoms with Crippen LogP contribution in [0, 0.1) is 5.92 Å². The minimum Gasteiger partial charge on any atom is -0.497 e. The molecule has 0 heterocycles. The number of nitrogens with zero attached hydrogens (tertiary/aromatic N) is 1. The minimum atomic E-state index is -0.589. The summed E-state index contributed by atoms with van der Waals surface area (Å²) >= 11 is 0. The van der Waals surface area contributed by atoms with Crippen LogP contribution >= 0.6 is 0 Å². The van der Waals surface area contributed by atoms with Crippen LogP contribution in [0.5, 0.6) is 5.75 Å². The second-order valence-electron chi connectivity index (χ2n) is 7.95. The number of methoxy groups -OCH3 is 1. The first kappa shape index (κ1) is 23.4. The van der Waals surface area contributed by atoms with Gasteiger partial charge < -0.3 is 20.3 Å². The maximum Gasteiger partial charge on any atom is 0.242 e. The Bertz CT molecular complexity index is 821. The Morgan fingerprint density at radius 2 is 1.73 bits per heavy atom. The van der Waals surface area contributed by atoms with Crippen molar-refractivity contribution >= 4 is 11.8 Å². The number of hydrogen-bond donors (Lipinski definition) is 2. The lowest BCUT2D eigenvalue weighted by atomic mass is 10.0. The molecule has 0 aliphatic heterocycles. The van der Waals surface area contributed by atoms with E-state index in [1.165, 1.54) is 0 Å². The minimum absolute atomic E-state index is 0.0168. The lowest BCUT2D eigenvalue weighted by molar-refractivity contribution is -0.129. The molecule has 2 rings (SSSR count). The standard InChI is InChI=1S/C24H33N3O3/c1-17(2)23(26-22(28)14-18-10-7-6-8-11-18)24(29)25-16-21(27(3)4)19-12-9-13-20(15-19)30-5/h6-13,15,17,21,23H,14,16H2,1-5H3,(H,25,29)(H,26,28). The van der Waals surface area contributed by atoms with Crippen molar-refractivity contribution in [3.8, 4) is 5.75 Å². The van der Waals surface area contributed by atoms with Crippen molar-refractivity contribution in [2.75, 3.05) is 27.7 Å². The molecule has 2 amide bonds. The molecule has 0 radical (unpaired) electrons. The molecule has 30 heavy (non-hydrogen) atoms. The van der Waals surface area contributed by atoms with Gasteiger partial charge in [-0.05, 0) is 43.3 Å². The zero-order valence-corrected chi connectivity index (χ0v) is 18.5. The summed E-state index contributed by atoms with van der Waals surface area (Å²) in [5, 5.41) is 5.91. The summed E-state index contributed by atoms with van der Waals surface area (Å²) in [5.41, 5.74) is 1.97. The van der Waals surface area contributed by atoms with Crippen molar-refractivity contribution in [1.29, 1.82) is 0 Å². The van der Waals surface area contributed by atoms with Crippen LogP contribution in [0.25, 0.3) is 0 Å². The van der Waals surface area contributed by atoms with E-state index in [9.17, 15) is 9.59 Å². The molecule has 6 heteroatoms. The van der Waals surface area contributed by atoms with Crippen LogP contribution in [0.4, 0.5) is 0 Å². The highest BCUT2D eigenvalue weighted by atomic mass is 16.5. The number of nitrogens with one attached hydrogen (secondary N) is 2. The van der Waals surface area contributed by atoms with Gasteiger partial charge in [0.1, 0.15) is 11.8 Å². The van der Waals surface area contributed by atoms with Gasteiger partial charge in [-0.15, -0.1) is 0 Å². The molecule has 0 aliphatic rings. The fraction of sp³-hybridized carbons (Fsp3) is 0.417. The molecular weight excluding hydrogens is 378 g/mol. The molecule has 0 aliphatic carbocycles. The largest absolute Gasteiger partial charge is 0.497 e. The van der Waals surface area contributed by atoms with Gasteiger partial charge in [0.25, 0.3) is 0 Å². The molecule has 2 N–H and O–H groups in total. The number of hydrogen-bond acceptors (Lipinski definition) is 4. The van der Waals surface area contributed by atoms with E-state index >= 15 is 0 Å². The van der Waals surface area contributed by atoms with Gasteiger partial charge in [-0.1, -0.05) is 56.3 Å². The average Bonchev–Trinajstić information content (AvgIpc) is 2.72. The lowest BCUT2D eigenvalue weighted by Crippen LogP contribution is -2.51. The summed E-state index contributed by atoms with van der Waals surface area (Å²) < 4.78 is 5.32. The Hall–Kier alpha value is -2.86. The SMILES string of the molecule is COc1cccc(C(CNC(=O)C(NC(=O)Cc2ccccc2)C(C)C)N(C)C)c1. The van der Waals surface area contributed by atoms with Gasteiger partial charge in [-0.25, -0.2) is 0 Å².